The summed E-state index contributed by atoms with van der Waals surface area (Å²) in [5, 5.41) is 12.6. The lowest BCUT2D eigenvalue weighted by atomic mass is 9.84. The number of hydrogen-bond donors (Lipinski definition) is 2. The van der Waals surface area contributed by atoms with Crippen molar-refractivity contribution < 1.29 is 9.90 Å². The van der Waals surface area contributed by atoms with Gasteiger partial charge in [-0.25, -0.2) is 0 Å². The molecule has 2 bridgehead atoms. The normalized spacial score (nSPS) is 38.1. The van der Waals surface area contributed by atoms with Crippen LogP contribution in [0.4, 0.5) is 0 Å². The van der Waals surface area contributed by atoms with Crippen molar-refractivity contribution in [1.29, 1.82) is 0 Å². The molecule has 84 valence electrons. The molecule has 2 saturated carbocycles. The fourth-order valence-corrected chi connectivity index (χ4v) is 3.29. The number of carbonyl (C=O) groups is 1. The van der Waals surface area contributed by atoms with E-state index in [9.17, 15) is 9.90 Å². The van der Waals surface area contributed by atoms with Crippen molar-refractivity contribution in [1.82, 2.24) is 5.32 Å². The Bertz CT molecular complexity index is 264. The number of rotatable bonds is 5. The molecule has 4 atom stereocenters. The monoisotopic (exact) mass is 209 g/mol. The molecule has 2 aliphatic carbocycles. The molecule has 0 radical (unpaired) electrons. The highest BCUT2D eigenvalue weighted by atomic mass is 16.4. The van der Waals surface area contributed by atoms with E-state index in [1.165, 1.54) is 6.42 Å². The van der Waals surface area contributed by atoms with Crippen LogP contribution in [0.15, 0.2) is 12.7 Å². The topological polar surface area (TPSA) is 49.3 Å². The van der Waals surface area contributed by atoms with Gasteiger partial charge in [0.15, 0.2) is 0 Å². The molecule has 4 unspecified atom stereocenters. The second-order valence-corrected chi connectivity index (χ2v) is 4.75. The van der Waals surface area contributed by atoms with Gasteiger partial charge in [-0.2, -0.15) is 0 Å². The van der Waals surface area contributed by atoms with E-state index in [2.05, 4.69) is 11.9 Å². The lowest BCUT2D eigenvalue weighted by Gasteiger charge is -2.28. The second kappa shape index (κ2) is 4.35. The Morgan fingerprint density at radius 3 is 2.87 bits per heavy atom. The third-order valence-corrected chi connectivity index (χ3v) is 3.93. The van der Waals surface area contributed by atoms with Crippen LogP contribution in [0.1, 0.15) is 25.7 Å². The van der Waals surface area contributed by atoms with Gasteiger partial charge in [-0.05, 0) is 44.1 Å². The minimum Gasteiger partial charge on any atom is -0.481 e. The van der Waals surface area contributed by atoms with Gasteiger partial charge in [0.25, 0.3) is 0 Å². The van der Waals surface area contributed by atoms with Crippen LogP contribution < -0.4 is 5.32 Å². The van der Waals surface area contributed by atoms with Gasteiger partial charge < -0.3 is 10.4 Å². The molecule has 3 heteroatoms. The number of carboxylic acids is 1. The fourth-order valence-electron chi connectivity index (χ4n) is 3.29. The van der Waals surface area contributed by atoms with Gasteiger partial charge in [0.1, 0.15) is 0 Å². The molecule has 0 aliphatic heterocycles. The van der Waals surface area contributed by atoms with E-state index in [-0.39, 0.29) is 12.0 Å². The van der Waals surface area contributed by atoms with Crippen molar-refractivity contribution in [3.63, 3.8) is 0 Å². The molecule has 0 amide bonds. The molecule has 0 heterocycles. The molecule has 0 aromatic rings. The molecule has 3 nitrogen and oxygen atoms in total. The fraction of sp³-hybridized carbons (Fsp3) is 0.750. The van der Waals surface area contributed by atoms with E-state index in [0.29, 0.717) is 11.8 Å². The average Bonchev–Trinajstić information content (AvgIpc) is 2.77. The number of fused-ring (bicyclic) bond motifs is 2. The maximum Gasteiger partial charge on any atom is 0.308 e. The molecule has 2 N–H and O–H groups in total. The van der Waals surface area contributed by atoms with E-state index in [1.807, 2.05) is 6.08 Å². The number of hydrogen-bond acceptors (Lipinski definition) is 2. The lowest BCUT2D eigenvalue weighted by Crippen LogP contribution is -2.44. The summed E-state index contributed by atoms with van der Waals surface area (Å²) in [6.07, 6.45) is 6.22. The van der Waals surface area contributed by atoms with E-state index in [1.54, 1.807) is 0 Å². The summed E-state index contributed by atoms with van der Waals surface area (Å²) in [5.41, 5.74) is 0. The van der Waals surface area contributed by atoms with Crippen molar-refractivity contribution in [2.24, 2.45) is 17.8 Å². The zero-order valence-corrected chi connectivity index (χ0v) is 8.98. The zero-order chi connectivity index (χ0) is 10.8. The Morgan fingerprint density at radius 2 is 2.20 bits per heavy atom. The predicted octanol–water partition coefficient (Wildman–Crippen LogP) is 1.65. The van der Waals surface area contributed by atoms with Crippen LogP contribution in [0.5, 0.6) is 0 Å². The van der Waals surface area contributed by atoms with Gasteiger partial charge in [0, 0.05) is 6.04 Å². The third-order valence-electron chi connectivity index (χ3n) is 3.93. The molecular weight excluding hydrogens is 190 g/mol. The van der Waals surface area contributed by atoms with Crippen LogP contribution in [-0.4, -0.2) is 23.7 Å². The van der Waals surface area contributed by atoms with Crippen LogP contribution in [-0.2, 0) is 4.79 Å². The highest BCUT2D eigenvalue weighted by Gasteiger charge is 2.50. The smallest absolute Gasteiger partial charge is 0.308 e. The molecule has 0 aromatic carbocycles. The molecule has 0 saturated heterocycles. The SMILES string of the molecule is C=CCCNC1C2CCC(C2)C1C(=O)O. The Labute approximate surface area is 90.6 Å². The Hall–Kier alpha value is -0.830. The summed E-state index contributed by atoms with van der Waals surface area (Å²) in [6, 6.07) is 0.209. The first kappa shape index (κ1) is 10.7. The van der Waals surface area contributed by atoms with Crippen molar-refractivity contribution in [3.05, 3.63) is 12.7 Å². The highest BCUT2D eigenvalue weighted by molar-refractivity contribution is 5.72. The number of nitrogens with one attached hydrogen (secondary N) is 1. The van der Waals surface area contributed by atoms with Gasteiger partial charge in [0.2, 0.25) is 0 Å². The zero-order valence-electron chi connectivity index (χ0n) is 8.98. The van der Waals surface area contributed by atoms with E-state index in [0.717, 1.165) is 25.8 Å². The summed E-state index contributed by atoms with van der Waals surface area (Å²) in [7, 11) is 0. The number of carboxylic acid groups (broad SMARTS) is 1. The third kappa shape index (κ3) is 1.93. The molecule has 15 heavy (non-hydrogen) atoms. The summed E-state index contributed by atoms with van der Waals surface area (Å²) in [5.74, 6) is 0.265. The number of aliphatic carboxylic acids is 1. The summed E-state index contributed by atoms with van der Waals surface area (Å²) < 4.78 is 0. The van der Waals surface area contributed by atoms with Gasteiger partial charge >= 0.3 is 5.97 Å². The van der Waals surface area contributed by atoms with Gasteiger partial charge in [-0.1, -0.05) is 6.08 Å². The first-order chi connectivity index (χ1) is 7.24. The molecule has 0 aromatic heterocycles. The second-order valence-electron chi connectivity index (χ2n) is 4.75. The molecule has 2 aliphatic rings. The van der Waals surface area contributed by atoms with Crippen molar-refractivity contribution in [3.8, 4) is 0 Å². The van der Waals surface area contributed by atoms with Crippen LogP contribution in [0, 0.1) is 17.8 Å². The van der Waals surface area contributed by atoms with Crippen LogP contribution >= 0.6 is 0 Å². The maximum atomic E-state index is 11.2. The summed E-state index contributed by atoms with van der Waals surface area (Å²) in [4.78, 5) is 11.2. The van der Waals surface area contributed by atoms with Gasteiger partial charge in [-0.15, -0.1) is 6.58 Å². The van der Waals surface area contributed by atoms with Crippen LogP contribution in [0.25, 0.3) is 0 Å². The predicted molar refractivity (Wildman–Crippen MR) is 58.6 cm³/mol. The van der Waals surface area contributed by atoms with E-state index < -0.39 is 5.97 Å². The van der Waals surface area contributed by atoms with E-state index >= 15 is 0 Å². The first-order valence-corrected chi connectivity index (χ1v) is 5.81. The van der Waals surface area contributed by atoms with Crippen molar-refractivity contribution >= 4 is 5.97 Å². The minimum atomic E-state index is -0.613. The van der Waals surface area contributed by atoms with E-state index in [4.69, 9.17) is 0 Å². The lowest BCUT2D eigenvalue weighted by molar-refractivity contribution is -0.144. The van der Waals surface area contributed by atoms with Crippen molar-refractivity contribution in [2.75, 3.05) is 6.54 Å². The van der Waals surface area contributed by atoms with Crippen LogP contribution in [0.2, 0.25) is 0 Å². The Kier molecular flexibility index (Phi) is 3.10. The average molecular weight is 209 g/mol. The summed E-state index contributed by atoms with van der Waals surface area (Å²) >= 11 is 0. The quantitative estimate of drug-likeness (QED) is 0.534. The molecule has 2 rings (SSSR count). The maximum absolute atomic E-state index is 11.2. The Morgan fingerprint density at radius 1 is 1.47 bits per heavy atom. The largest absolute Gasteiger partial charge is 0.481 e. The van der Waals surface area contributed by atoms with Crippen LogP contribution in [0.3, 0.4) is 0 Å². The molecular formula is C12H19NO2. The van der Waals surface area contributed by atoms with Gasteiger partial charge in [0.05, 0.1) is 5.92 Å². The molecule has 2 fully saturated rings. The standard InChI is InChI=1S/C12H19NO2/c1-2-3-6-13-11-9-5-4-8(7-9)10(11)12(14)15/h2,8-11,13H,1,3-7H2,(H,14,15). The minimum absolute atomic E-state index is 0.145. The highest BCUT2D eigenvalue weighted by Crippen LogP contribution is 2.48. The molecule has 0 spiro atoms. The first-order valence-electron chi connectivity index (χ1n) is 5.81. The summed E-state index contributed by atoms with van der Waals surface area (Å²) in [6.45, 7) is 4.53. The van der Waals surface area contributed by atoms with Gasteiger partial charge in [-0.3, -0.25) is 4.79 Å². The van der Waals surface area contributed by atoms with Crippen molar-refractivity contribution in [2.45, 2.75) is 31.7 Å². The Balaban J connectivity index is 1.95.